The molecule has 2 N–H and O–H groups in total. The van der Waals surface area contributed by atoms with Gasteiger partial charge in [0.05, 0.1) is 32.3 Å². The van der Waals surface area contributed by atoms with Crippen molar-refractivity contribution in [3.63, 3.8) is 0 Å². The molecule has 0 saturated carbocycles. The van der Waals surface area contributed by atoms with E-state index in [0.717, 1.165) is 24.0 Å². The molecule has 0 amide bonds. The topological polar surface area (TPSA) is 102 Å². The van der Waals surface area contributed by atoms with Crippen LogP contribution in [0.15, 0.2) is 72.8 Å². The fraction of sp³-hybridized carbons (Fsp3) is 0.463. The van der Waals surface area contributed by atoms with E-state index in [1.807, 2.05) is 31.2 Å². The van der Waals surface area contributed by atoms with Crippen LogP contribution in [0.1, 0.15) is 82.9 Å². The Bertz CT molecular complexity index is 1500. The van der Waals surface area contributed by atoms with Crippen molar-refractivity contribution in [3.8, 4) is 22.6 Å². The minimum absolute atomic E-state index is 0.134. The molecule has 7 nitrogen and oxygen atoms in total. The second kappa shape index (κ2) is 20.0. The summed E-state index contributed by atoms with van der Waals surface area (Å²) >= 11 is 0. The zero-order chi connectivity index (χ0) is 35.8. The number of halogens is 1. The Morgan fingerprint density at radius 3 is 2.14 bits per heavy atom. The molecule has 0 heterocycles. The quantitative estimate of drug-likeness (QED) is 0.0508. The summed E-state index contributed by atoms with van der Waals surface area (Å²) in [6, 6.07) is 18.1. The molecule has 0 spiro atoms. The second-order valence-electron chi connectivity index (χ2n) is 13.1. The highest BCUT2D eigenvalue weighted by Gasteiger charge is 2.27. The van der Waals surface area contributed by atoms with Gasteiger partial charge in [0.25, 0.3) is 0 Å². The van der Waals surface area contributed by atoms with E-state index in [1.165, 1.54) is 43.4 Å². The first-order valence-electron chi connectivity index (χ1n) is 17.4. The predicted molar refractivity (Wildman–Crippen MR) is 191 cm³/mol. The molecule has 3 aromatic carbocycles. The first-order valence-corrected chi connectivity index (χ1v) is 17.4. The molecule has 0 aromatic heterocycles. The van der Waals surface area contributed by atoms with Gasteiger partial charge in [-0.3, -0.25) is 4.79 Å². The van der Waals surface area contributed by atoms with E-state index in [-0.39, 0.29) is 44.2 Å². The number of aliphatic hydroxyl groups is 2. The summed E-state index contributed by atoms with van der Waals surface area (Å²) in [7, 11) is 0. The van der Waals surface area contributed by atoms with Gasteiger partial charge in [-0.25, -0.2) is 9.18 Å². The largest absolute Gasteiger partial charge is 0.423 e. The van der Waals surface area contributed by atoms with Crippen LogP contribution in [0.2, 0.25) is 0 Å². The van der Waals surface area contributed by atoms with Crippen molar-refractivity contribution in [1.29, 1.82) is 0 Å². The van der Waals surface area contributed by atoms with Crippen LogP contribution >= 0.6 is 0 Å². The molecule has 1 atom stereocenters. The van der Waals surface area contributed by atoms with Gasteiger partial charge >= 0.3 is 11.9 Å². The van der Waals surface area contributed by atoms with Crippen LogP contribution in [-0.2, 0) is 33.6 Å². The third-order valence-corrected chi connectivity index (χ3v) is 8.97. The summed E-state index contributed by atoms with van der Waals surface area (Å²) in [4.78, 5) is 25.4. The van der Waals surface area contributed by atoms with Gasteiger partial charge in [-0.1, -0.05) is 95.5 Å². The summed E-state index contributed by atoms with van der Waals surface area (Å²) in [5.74, 6) is -2.21. The lowest BCUT2D eigenvalue weighted by molar-refractivity contribution is -0.138. The van der Waals surface area contributed by atoms with E-state index in [4.69, 9.17) is 14.2 Å². The maximum atomic E-state index is 15.1. The lowest BCUT2D eigenvalue weighted by atomic mass is 9.88. The highest BCUT2D eigenvalue weighted by molar-refractivity contribution is 5.89. The molecule has 1 unspecified atom stereocenters. The molecular weight excluding hydrogens is 623 g/mol. The average molecular weight is 677 g/mol. The molecule has 8 heteroatoms. The van der Waals surface area contributed by atoms with Crippen LogP contribution in [0.25, 0.3) is 11.1 Å². The summed E-state index contributed by atoms with van der Waals surface area (Å²) in [5.41, 5.74) is 3.82. The highest BCUT2D eigenvalue weighted by atomic mass is 19.1. The zero-order valence-electron chi connectivity index (χ0n) is 29.6. The van der Waals surface area contributed by atoms with Gasteiger partial charge < -0.3 is 24.4 Å². The number of carbonyl (C=O) groups excluding carboxylic acids is 2. The maximum absolute atomic E-state index is 15.1. The summed E-state index contributed by atoms with van der Waals surface area (Å²) in [5, 5.41) is 19.3. The van der Waals surface area contributed by atoms with Crippen molar-refractivity contribution in [1.82, 2.24) is 0 Å². The van der Waals surface area contributed by atoms with Crippen molar-refractivity contribution < 1.29 is 38.4 Å². The molecule has 0 aliphatic heterocycles. The van der Waals surface area contributed by atoms with Crippen LogP contribution in [0, 0.1) is 17.2 Å². The van der Waals surface area contributed by atoms with Crippen LogP contribution in [-0.4, -0.2) is 48.6 Å². The number of benzene rings is 3. The highest BCUT2D eigenvalue weighted by Crippen LogP contribution is 2.29. The molecule has 3 aromatic rings. The molecule has 266 valence electrons. The molecule has 0 fully saturated rings. The maximum Gasteiger partial charge on any atom is 0.338 e. The predicted octanol–water partition coefficient (Wildman–Crippen LogP) is 8.21. The van der Waals surface area contributed by atoms with Gasteiger partial charge in [0, 0.05) is 11.0 Å². The number of hydrogen-bond donors (Lipinski definition) is 2. The Kier molecular flexibility index (Phi) is 16.1. The van der Waals surface area contributed by atoms with Gasteiger partial charge in [-0.05, 0) is 85.0 Å². The lowest BCUT2D eigenvalue weighted by Crippen LogP contribution is -2.34. The van der Waals surface area contributed by atoms with Crippen LogP contribution < -0.4 is 9.47 Å². The molecule has 0 aliphatic carbocycles. The third kappa shape index (κ3) is 12.2. The molecule has 0 saturated heterocycles. The van der Waals surface area contributed by atoms with Crippen LogP contribution in [0.5, 0.6) is 11.5 Å². The fourth-order valence-corrected chi connectivity index (χ4v) is 5.36. The van der Waals surface area contributed by atoms with Gasteiger partial charge in [0.15, 0.2) is 11.6 Å². The van der Waals surface area contributed by atoms with E-state index in [2.05, 4.69) is 25.6 Å². The Labute approximate surface area is 291 Å². The van der Waals surface area contributed by atoms with Crippen molar-refractivity contribution >= 4 is 11.9 Å². The van der Waals surface area contributed by atoms with Crippen molar-refractivity contribution in [2.24, 2.45) is 11.3 Å². The minimum Gasteiger partial charge on any atom is -0.423 e. The van der Waals surface area contributed by atoms with Crippen LogP contribution in [0.4, 0.5) is 4.39 Å². The number of esters is 2. The Morgan fingerprint density at radius 1 is 0.837 bits per heavy atom. The van der Waals surface area contributed by atoms with Crippen molar-refractivity contribution in [2.75, 3.05) is 26.4 Å². The van der Waals surface area contributed by atoms with E-state index < -0.39 is 29.1 Å². The first kappa shape index (κ1) is 39.6. The minimum atomic E-state index is -0.714. The second-order valence-corrected chi connectivity index (χ2v) is 13.1. The Hall–Kier alpha value is -3.85. The van der Waals surface area contributed by atoms with E-state index in [0.29, 0.717) is 29.7 Å². The summed E-state index contributed by atoms with van der Waals surface area (Å²) < 4.78 is 31.9. The first-order chi connectivity index (χ1) is 23.5. The Balaban J connectivity index is 1.62. The molecule has 0 aliphatic rings. The SMILES string of the molecule is C=C(C)C(=O)Oc1cc(CC(C)C(=O)Oc2ccc(-c3ccc(CCCCCCC)cc3)cc2F)ccc1CCOCC(CC)(CO)CO. The Morgan fingerprint density at radius 2 is 1.51 bits per heavy atom. The van der Waals surface area contributed by atoms with Crippen molar-refractivity contribution in [2.45, 2.75) is 85.5 Å². The number of ether oxygens (including phenoxy) is 3. The van der Waals surface area contributed by atoms with Gasteiger partial charge in [0.2, 0.25) is 0 Å². The number of carbonyl (C=O) groups is 2. The number of aryl methyl sites for hydroxylation is 1. The average Bonchev–Trinajstić information content (AvgIpc) is 3.10. The van der Waals surface area contributed by atoms with Gasteiger partial charge in [-0.2, -0.15) is 0 Å². The molecule has 0 bridgehead atoms. The standard InChI is InChI=1S/C41H53FO7/c1-6-8-9-10-11-12-31-13-16-33(17-14-31)35-19-20-37(36(42)25-35)48-40(46)30(5)23-32-15-18-34(38(24-32)49-39(45)29(3)4)21-22-47-28-41(7-2,26-43)27-44/h13-20,24-25,30,43-44H,3,6-12,21-23,26-28H2,1-2,4-5H3. The third-order valence-electron chi connectivity index (χ3n) is 8.97. The van der Waals surface area contributed by atoms with Crippen LogP contribution in [0.3, 0.4) is 0 Å². The summed E-state index contributed by atoms with van der Waals surface area (Å²) in [6.45, 7) is 11.1. The lowest BCUT2D eigenvalue weighted by Gasteiger charge is -2.27. The van der Waals surface area contributed by atoms with E-state index in [9.17, 15) is 19.8 Å². The molecule has 49 heavy (non-hydrogen) atoms. The normalized spacial score (nSPS) is 12.1. The number of aliphatic hydroxyl groups excluding tert-OH is 2. The molecular formula is C41H53FO7. The number of unbranched alkanes of at least 4 members (excludes halogenated alkanes) is 4. The smallest absolute Gasteiger partial charge is 0.338 e. The van der Waals surface area contributed by atoms with Gasteiger partial charge in [0.1, 0.15) is 5.75 Å². The van der Waals surface area contributed by atoms with Gasteiger partial charge in [-0.15, -0.1) is 0 Å². The number of rotatable bonds is 21. The van der Waals surface area contributed by atoms with E-state index in [1.54, 1.807) is 26.0 Å². The molecule has 3 rings (SSSR count). The molecule has 0 radical (unpaired) electrons. The zero-order valence-corrected chi connectivity index (χ0v) is 29.6. The van der Waals surface area contributed by atoms with Crippen molar-refractivity contribution in [3.05, 3.63) is 95.3 Å². The summed E-state index contributed by atoms with van der Waals surface area (Å²) in [6.07, 6.45) is 8.43. The monoisotopic (exact) mass is 676 g/mol. The van der Waals surface area contributed by atoms with E-state index >= 15 is 4.39 Å². The fourth-order valence-electron chi connectivity index (χ4n) is 5.36. The number of hydrogen-bond acceptors (Lipinski definition) is 7.